The van der Waals surface area contributed by atoms with E-state index in [1.54, 1.807) is 18.3 Å². The Morgan fingerprint density at radius 2 is 2.10 bits per heavy atom. The average molecular weight is 293 g/mol. The highest BCUT2D eigenvalue weighted by molar-refractivity contribution is 6.31. The summed E-state index contributed by atoms with van der Waals surface area (Å²) in [6, 6.07) is 8.64. The second-order valence-electron chi connectivity index (χ2n) is 4.72. The number of pyridine rings is 1. The van der Waals surface area contributed by atoms with Crippen LogP contribution in [-0.4, -0.2) is 11.5 Å². The van der Waals surface area contributed by atoms with Crippen molar-refractivity contribution in [1.29, 1.82) is 0 Å². The SMILES string of the molecule is CCNC(Cc1c(F)cccc1Cl)c1ncccc1C. The fraction of sp³-hybridized carbons (Fsp3) is 0.312. The van der Waals surface area contributed by atoms with Gasteiger partial charge in [-0.2, -0.15) is 0 Å². The highest BCUT2D eigenvalue weighted by atomic mass is 35.5. The van der Waals surface area contributed by atoms with Gasteiger partial charge in [0.15, 0.2) is 0 Å². The first-order valence-corrected chi connectivity index (χ1v) is 7.09. The number of aromatic nitrogens is 1. The Labute approximate surface area is 124 Å². The van der Waals surface area contributed by atoms with E-state index >= 15 is 0 Å². The summed E-state index contributed by atoms with van der Waals surface area (Å²) in [6.07, 6.45) is 2.24. The number of hydrogen-bond donors (Lipinski definition) is 1. The molecule has 4 heteroatoms. The van der Waals surface area contributed by atoms with E-state index in [0.29, 0.717) is 17.0 Å². The van der Waals surface area contributed by atoms with Crippen molar-refractivity contribution >= 4 is 11.6 Å². The lowest BCUT2D eigenvalue weighted by Crippen LogP contribution is -2.25. The molecule has 2 nitrogen and oxygen atoms in total. The first-order valence-electron chi connectivity index (χ1n) is 6.71. The first-order chi connectivity index (χ1) is 9.63. The van der Waals surface area contributed by atoms with Crippen LogP contribution in [-0.2, 0) is 6.42 Å². The standard InChI is InChI=1S/C16H18ClFN2/c1-3-19-15(16-11(2)6-5-9-20-16)10-12-13(17)7-4-8-14(12)18/h4-9,15,19H,3,10H2,1-2H3. The number of aryl methyl sites for hydroxylation is 1. The molecule has 20 heavy (non-hydrogen) atoms. The Morgan fingerprint density at radius 1 is 1.30 bits per heavy atom. The smallest absolute Gasteiger partial charge is 0.127 e. The van der Waals surface area contributed by atoms with Crippen LogP contribution in [0.25, 0.3) is 0 Å². The topological polar surface area (TPSA) is 24.9 Å². The molecule has 1 heterocycles. The van der Waals surface area contributed by atoms with E-state index in [1.165, 1.54) is 6.07 Å². The van der Waals surface area contributed by atoms with Crippen LogP contribution in [0, 0.1) is 12.7 Å². The van der Waals surface area contributed by atoms with Crippen molar-refractivity contribution in [2.45, 2.75) is 26.3 Å². The molecule has 0 aliphatic carbocycles. The Balaban J connectivity index is 2.33. The van der Waals surface area contributed by atoms with E-state index in [2.05, 4.69) is 10.3 Å². The Hall–Kier alpha value is -1.45. The maximum Gasteiger partial charge on any atom is 0.127 e. The predicted octanol–water partition coefficient (Wildman–Crippen LogP) is 4.08. The molecule has 0 fully saturated rings. The first kappa shape index (κ1) is 14.9. The molecule has 1 atom stereocenters. The number of hydrogen-bond acceptors (Lipinski definition) is 2. The molecule has 0 saturated carbocycles. The second-order valence-corrected chi connectivity index (χ2v) is 5.13. The largest absolute Gasteiger partial charge is 0.309 e. The third-order valence-corrected chi connectivity index (χ3v) is 3.65. The number of nitrogens with zero attached hydrogens (tertiary/aromatic N) is 1. The third-order valence-electron chi connectivity index (χ3n) is 3.30. The molecule has 0 saturated heterocycles. The van der Waals surface area contributed by atoms with E-state index in [9.17, 15) is 4.39 Å². The fourth-order valence-corrected chi connectivity index (χ4v) is 2.55. The molecule has 1 aromatic heterocycles. The highest BCUT2D eigenvalue weighted by Crippen LogP contribution is 2.26. The number of benzene rings is 1. The van der Waals surface area contributed by atoms with Gasteiger partial charge in [-0.1, -0.05) is 30.7 Å². The molecule has 0 amide bonds. The van der Waals surface area contributed by atoms with Gasteiger partial charge >= 0.3 is 0 Å². The minimum Gasteiger partial charge on any atom is -0.309 e. The lowest BCUT2D eigenvalue weighted by atomic mass is 9.99. The number of nitrogens with one attached hydrogen (secondary N) is 1. The van der Waals surface area contributed by atoms with E-state index in [4.69, 9.17) is 11.6 Å². The molecule has 2 aromatic rings. The van der Waals surface area contributed by atoms with Crippen molar-refractivity contribution in [2.75, 3.05) is 6.54 Å². The minimum atomic E-state index is -0.269. The predicted molar refractivity (Wildman–Crippen MR) is 80.5 cm³/mol. The summed E-state index contributed by atoms with van der Waals surface area (Å²) in [4.78, 5) is 4.42. The van der Waals surface area contributed by atoms with Crippen LogP contribution < -0.4 is 5.32 Å². The van der Waals surface area contributed by atoms with Crippen LogP contribution >= 0.6 is 11.6 Å². The summed E-state index contributed by atoms with van der Waals surface area (Å²) in [5.41, 5.74) is 2.56. The Morgan fingerprint density at radius 3 is 2.75 bits per heavy atom. The summed E-state index contributed by atoms with van der Waals surface area (Å²) in [7, 11) is 0. The van der Waals surface area contributed by atoms with Gasteiger partial charge in [0.2, 0.25) is 0 Å². The van der Waals surface area contributed by atoms with Crippen LogP contribution in [0.15, 0.2) is 36.5 Å². The van der Waals surface area contributed by atoms with Gasteiger partial charge in [0.05, 0.1) is 11.7 Å². The van der Waals surface area contributed by atoms with Crippen molar-refractivity contribution < 1.29 is 4.39 Å². The van der Waals surface area contributed by atoms with Gasteiger partial charge in [-0.15, -0.1) is 0 Å². The zero-order valence-electron chi connectivity index (χ0n) is 11.7. The van der Waals surface area contributed by atoms with Gasteiger partial charge in [-0.3, -0.25) is 4.98 Å². The van der Waals surface area contributed by atoms with Crippen molar-refractivity contribution in [2.24, 2.45) is 0 Å². The molecule has 0 radical (unpaired) electrons. The van der Waals surface area contributed by atoms with Crippen molar-refractivity contribution in [3.8, 4) is 0 Å². The molecule has 1 aromatic carbocycles. The quantitative estimate of drug-likeness (QED) is 0.898. The second kappa shape index (κ2) is 6.82. The van der Waals surface area contributed by atoms with Gasteiger partial charge in [-0.05, 0) is 43.7 Å². The number of halogens is 2. The molecular weight excluding hydrogens is 275 g/mol. The molecule has 106 valence electrons. The summed E-state index contributed by atoms with van der Waals surface area (Å²) < 4.78 is 13.9. The molecule has 0 spiro atoms. The van der Waals surface area contributed by atoms with E-state index in [1.807, 2.05) is 26.0 Å². The molecule has 0 bridgehead atoms. The van der Waals surface area contributed by atoms with Crippen molar-refractivity contribution in [1.82, 2.24) is 10.3 Å². The zero-order chi connectivity index (χ0) is 14.5. The molecule has 1 unspecified atom stereocenters. The molecule has 0 aliphatic heterocycles. The van der Waals surface area contributed by atoms with Crippen LogP contribution in [0.5, 0.6) is 0 Å². The van der Waals surface area contributed by atoms with E-state index in [-0.39, 0.29) is 11.9 Å². The summed E-state index contributed by atoms with van der Waals surface area (Å²) in [5, 5.41) is 3.81. The summed E-state index contributed by atoms with van der Waals surface area (Å²) >= 11 is 6.11. The van der Waals surface area contributed by atoms with E-state index in [0.717, 1.165) is 17.8 Å². The Bertz CT molecular complexity index is 566. The molecule has 1 N–H and O–H groups in total. The van der Waals surface area contributed by atoms with Gasteiger partial charge < -0.3 is 5.32 Å². The van der Waals surface area contributed by atoms with Crippen LogP contribution in [0.1, 0.15) is 29.8 Å². The van der Waals surface area contributed by atoms with E-state index < -0.39 is 0 Å². The molecule has 0 aliphatic rings. The summed E-state index contributed by atoms with van der Waals surface area (Å²) in [5.74, 6) is -0.269. The van der Waals surface area contributed by atoms with Crippen molar-refractivity contribution in [3.05, 3.63) is 64.2 Å². The zero-order valence-corrected chi connectivity index (χ0v) is 12.4. The minimum absolute atomic E-state index is 0.0457. The fourth-order valence-electron chi connectivity index (χ4n) is 2.31. The average Bonchev–Trinajstić information content (AvgIpc) is 2.43. The lowest BCUT2D eigenvalue weighted by molar-refractivity contribution is 0.516. The van der Waals surface area contributed by atoms with Gasteiger partial charge in [0.25, 0.3) is 0 Å². The third kappa shape index (κ3) is 3.35. The highest BCUT2D eigenvalue weighted by Gasteiger charge is 2.18. The van der Waals surface area contributed by atoms with Crippen LogP contribution in [0.4, 0.5) is 4.39 Å². The monoisotopic (exact) mass is 292 g/mol. The Kier molecular flexibility index (Phi) is 5.10. The summed E-state index contributed by atoms with van der Waals surface area (Å²) in [6.45, 7) is 4.82. The van der Waals surface area contributed by atoms with Gasteiger partial charge in [-0.25, -0.2) is 4.39 Å². The molecular formula is C16H18ClFN2. The maximum atomic E-state index is 13.9. The maximum absolute atomic E-state index is 13.9. The number of likely N-dealkylation sites (N-methyl/N-ethyl adjacent to an activating group) is 1. The van der Waals surface area contributed by atoms with Crippen LogP contribution in [0.2, 0.25) is 5.02 Å². The molecule has 2 rings (SSSR count). The van der Waals surface area contributed by atoms with Crippen LogP contribution in [0.3, 0.4) is 0 Å². The lowest BCUT2D eigenvalue weighted by Gasteiger charge is -2.20. The van der Waals surface area contributed by atoms with Gasteiger partial charge in [0.1, 0.15) is 5.82 Å². The van der Waals surface area contributed by atoms with Crippen molar-refractivity contribution in [3.63, 3.8) is 0 Å². The number of rotatable bonds is 5. The normalized spacial score (nSPS) is 12.4. The van der Waals surface area contributed by atoms with Gasteiger partial charge in [0, 0.05) is 16.8 Å².